The fourth-order valence-electron chi connectivity index (χ4n) is 2.83. The van der Waals surface area contributed by atoms with Crippen molar-refractivity contribution in [2.24, 2.45) is 5.92 Å². The first-order chi connectivity index (χ1) is 10.9. The van der Waals surface area contributed by atoms with Gasteiger partial charge in [0.25, 0.3) is 0 Å². The van der Waals surface area contributed by atoms with E-state index in [4.69, 9.17) is 0 Å². The van der Waals surface area contributed by atoms with E-state index in [1.165, 1.54) is 17.0 Å². The first kappa shape index (κ1) is 18.4. The van der Waals surface area contributed by atoms with Gasteiger partial charge in [-0.1, -0.05) is 13.8 Å². The Bertz CT molecular complexity index is 799. The van der Waals surface area contributed by atoms with E-state index in [1.807, 2.05) is 0 Å². The van der Waals surface area contributed by atoms with Crippen molar-refractivity contribution in [1.29, 1.82) is 0 Å². The van der Waals surface area contributed by atoms with E-state index in [-0.39, 0.29) is 10.8 Å². The molecule has 24 heavy (non-hydrogen) atoms. The minimum Gasteiger partial charge on any atom is -0.480 e. The van der Waals surface area contributed by atoms with Gasteiger partial charge in [0.2, 0.25) is 15.9 Å². The molecule has 1 aromatic rings. The van der Waals surface area contributed by atoms with Crippen LogP contribution in [0.4, 0.5) is 5.69 Å². The number of fused-ring (bicyclic) bond motifs is 1. The number of hydrogen-bond donors (Lipinski definition) is 2. The van der Waals surface area contributed by atoms with E-state index in [2.05, 4.69) is 4.72 Å². The summed E-state index contributed by atoms with van der Waals surface area (Å²) >= 11 is 0. The van der Waals surface area contributed by atoms with Crippen molar-refractivity contribution in [2.75, 3.05) is 11.9 Å². The highest BCUT2D eigenvalue weighted by Gasteiger charge is 2.43. The maximum Gasteiger partial charge on any atom is 0.322 e. The summed E-state index contributed by atoms with van der Waals surface area (Å²) in [6, 6.07) is 3.17. The van der Waals surface area contributed by atoms with E-state index >= 15 is 0 Å². The molecule has 132 valence electrons. The molecule has 0 spiro atoms. The lowest BCUT2D eigenvalue weighted by Gasteiger charge is -2.19. The van der Waals surface area contributed by atoms with Gasteiger partial charge in [0.1, 0.15) is 6.04 Å². The molecule has 0 unspecified atom stereocenters. The standard InChI is InChI=1S/C16H22N2O5S/c1-9(2)13(14(19)20)17-24(22,23)10-6-7-12-11(8-10)16(3,4)15(21)18(12)5/h6-9,13,17H,1-5H3,(H,19,20)/t13-/m1/s1. The summed E-state index contributed by atoms with van der Waals surface area (Å²) in [5.41, 5.74) is 0.428. The third-order valence-corrected chi connectivity index (χ3v) is 5.81. The van der Waals surface area contributed by atoms with Crippen molar-refractivity contribution >= 4 is 27.6 Å². The summed E-state index contributed by atoms with van der Waals surface area (Å²) in [6.45, 7) is 6.72. The number of likely N-dealkylation sites (N-methyl/N-ethyl adjacent to an activating group) is 1. The molecule has 1 aliphatic heterocycles. The molecule has 2 N–H and O–H groups in total. The molecule has 0 radical (unpaired) electrons. The van der Waals surface area contributed by atoms with Gasteiger partial charge in [0.15, 0.2) is 0 Å². The summed E-state index contributed by atoms with van der Waals surface area (Å²) in [5.74, 6) is -1.76. The van der Waals surface area contributed by atoms with Gasteiger partial charge in [-0.3, -0.25) is 9.59 Å². The van der Waals surface area contributed by atoms with Gasteiger partial charge in [-0.25, -0.2) is 8.42 Å². The number of aliphatic carboxylic acids is 1. The van der Waals surface area contributed by atoms with E-state index < -0.39 is 33.4 Å². The largest absolute Gasteiger partial charge is 0.480 e. The highest BCUT2D eigenvalue weighted by Crippen LogP contribution is 2.41. The average molecular weight is 354 g/mol. The van der Waals surface area contributed by atoms with Gasteiger partial charge in [0, 0.05) is 12.7 Å². The molecular formula is C16H22N2O5S. The van der Waals surface area contributed by atoms with Crippen LogP contribution in [-0.4, -0.2) is 38.5 Å². The van der Waals surface area contributed by atoms with Crippen molar-refractivity contribution in [3.8, 4) is 0 Å². The molecule has 0 saturated heterocycles. The molecule has 0 bridgehead atoms. The van der Waals surface area contributed by atoms with Crippen LogP contribution < -0.4 is 9.62 Å². The number of nitrogens with zero attached hydrogens (tertiary/aromatic N) is 1. The second-order valence-electron chi connectivity index (χ2n) is 6.85. The van der Waals surface area contributed by atoms with E-state index in [0.717, 1.165) is 0 Å². The van der Waals surface area contributed by atoms with Gasteiger partial charge in [-0.2, -0.15) is 4.72 Å². The van der Waals surface area contributed by atoms with Crippen molar-refractivity contribution < 1.29 is 23.1 Å². The molecule has 0 fully saturated rings. The molecule has 0 aromatic heterocycles. The fourth-order valence-corrected chi connectivity index (χ4v) is 4.19. The third kappa shape index (κ3) is 2.91. The number of benzene rings is 1. The van der Waals surface area contributed by atoms with Crippen molar-refractivity contribution in [1.82, 2.24) is 4.72 Å². The molecule has 1 aliphatic rings. The second-order valence-corrected chi connectivity index (χ2v) is 8.56. The number of carbonyl (C=O) groups excluding carboxylic acids is 1. The van der Waals surface area contributed by atoms with Gasteiger partial charge < -0.3 is 10.0 Å². The number of carboxylic acid groups (broad SMARTS) is 1. The molecule has 8 heteroatoms. The Hall–Kier alpha value is -1.93. The van der Waals surface area contributed by atoms with E-state index in [1.54, 1.807) is 40.8 Å². The highest BCUT2D eigenvalue weighted by atomic mass is 32.2. The van der Waals surface area contributed by atoms with Crippen LogP contribution in [0, 0.1) is 5.92 Å². The smallest absolute Gasteiger partial charge is 0.322 e. The van der Waals surface area contributed by atoms with Crippen LogP contribution in [0.15, 0.2) is 23.1 Å². The summed E-state index contributed by atoms with van der Waals surface area (Å²) in [5, 5.41) is 9.18. The summed E-state index contributed by atoms with van der Waals surface area (Å²) < 4.78 is 27.3. The molecule has 1 heterocycles. The maximum atomic E-state index is 12.6. The lowest BCUT2D eigenvalue weighted by molar-refractivity contribution is -0.140. The van der Waals surface area contributed by atoms with E-state index in [9.17, 15) is 23.1 Å². The van der Waals surface area contributed by atoms with Gasteiger partial charge in [0.05, 0.1) is 10.3 Å². The maximum absolute atomic E-state index is 12.6. The zero-order valence-electron chi connectivity index (χ0n) is 14.3. The quantitative estimate of drug-likeness (QED) is 0.830. The zero-order chi connectivity index (χ0) is 18.4. The lowest BCUT2D eigenvalue weighted by atomic mass is 9.86. The topological polar surface area (TPSA) is 104 Å². The van der Waals surface area contributed by atoms with E-state index in [0.29, 0.717) is 11.3 Å². The molecule has 1 aromatic carbocycles. The monoisotopic (exact) mass is 354 g/mol. The third-order valence-electron chi connectivity index (χ3n) is 4.37. The number of nitrogens with one attached hydrogen (secondary N) is 1. The molecular weight excluding hydrogens is 332 g/mol. The minimum absolute atomic E-state index is 0.0516. The Labute approximate surface area is 141 Å². The molecule has 0 aliphatic carbocycles. The number of carboxylic acids is 1. The van der Waals surface area contributed by atoms with Crippen molar-refractivity contribution in [3.05, 3.63) is 23.8 Å². The number of hydrogen-bond acceptors (Lipinski definition) is 4. The molecule has 0 saturated carbocycles. The Balaban J connectivity index is 2.46. The van der Waals surface area contributed by atoms with Crippen LogP contribution in [-0.2, 0) is 25.0 Å². The van der Waals surface area contributed by atoms with Crippen molar-refractivity contribution in [2.45, 2.75) is 44.0 Å². The Morgan fingerprint density at radius 2 is 1.88 bits per heavy atom. The molecule has 1 amide bonds. The predicted molar refractivity (Wildman–Crippen MR) is 89.5 cm³/mol. The number of sulfonamides is 1. The second kappa shape index (κ2) is 5.86. The Morgan fingerprint density at radius 1 is 1.29 bits per heavy atom. The summed E-state index contributed by atoms with van der Waals surface area (Å²) in [7, 11) is -2.38. The summed E-state index contributed by atoms with van der Waals surface area (Å²) in [4.78, 5) is 25.0. The zero-order valence-corrected chi connectivity index (χ0v) is 15.1. The van der Waals surface area contributed by atoms with Crippen molar-refractivity contribution in [3.63, 3.8) is 0 Å². The lowest BCUT2D eigenvalue weighted by Crippen LogP contribution is -2.44. The average Bonchev–Trinajstić information content (AvgIpc) is 2.65. The van der Waals surface area contributed by atoms with Crippen LogP contribution in [0.5, 0.6) is 0 Å². The first-order valence-electron chi connectivity index (χ1n) is 7.57. The van der Waals surface area contributed by atoms with Gasteiger partial charge in [-0.15, -0.1) is 0 Å². The number of amides is 1. The first-order valence-corrected chi connectivity index (χ1v) is 9.05. The Kier molecular flexibility index (Phi) is 4.49. The number of anilines is 1. The van der Waals surface area contributed by atoms with Crippen LogP contribution in [0.2, 0.25) is 0 Å². The van der Waals surface area contributed by atoms with Crippen LogP contribution in [0.3, 0.4) is 0 Å². The van der Waals surface area contributed by atoms with Crippen LogP contribution >= 0.6 is 0 Å². The highest BCUT2D eigenvalue weighted by molar-refractivity contribution is 7.89. The molecule has 2 rings (SSSR count). The summed E-state index contributed by atoms with van der Waals surface area (Å²) in [6.07, 6.45) is 0. The van der Waals surface area contributed by atoms with Crippen LogP contribution in [0.1, 0.15) is 33.3 Å². The normalized spacial score (nSPS) is 17.9. The fraction of sp³-hybridized carbons (Fsp3) is 0.500. The minimum atomic E-state index is -4.02. The predicted octanol–water partition coefficient (Wildman–Crippen LogP) is 1.33. The molecule has 1 atom stereocenters. The molecule has 7 nitrogen and oxygen atoms in total. The Morgan fingerprint density at radius 3 is 2.38 bits per heavy atom. The SMILES string of the molecule is CC(C)[C@@H](NS(=O)(=O)c1ccc2c(c1)C(C)(C)C(=O)N2C)C(=O)O. The van der Waals surface area contributed by atoms with Crippen LogP contribution in [0.25, 0.3) is 0 Å². The number of rotatable bonds is 5. The van der Waals surface area contributed by atoms with Gasteiger partial charge >= 0.3 is 5.97 Å². The van der Waals surface area contributed by atoms with Gasteiger partial charge in [-0.05, 0) is 43.5 Å². The number of carbonyl (C=O) groups is 2.